The second-order valence-electron chi connectivity index (χ2n) is 5.02. The predicted molar refractivity (Wildman–Crippen MR) is 68.8 cm³/mol. The molecule has 2 rings (SSSR count). The molecule has 1 aromatic heterocycles. The van der Waals surface area contributed by atoms with E-state index in [4.69, 9.17) is 0 Å². The Morgan fingerprint density at radius 3 is 2.72 bits per heavy atom. The predicted octanol–water partition coefficient (Wildman–Crippen LogP) is 3.23. The van der Waals surface area contributed by atoms with E-state index in [0.717, 1.165) is 32.1 Å². The van der Waals surface area contributed by atoms with Crippen molar-refractivity contribution in [3.63, 3.8) is 0 Å². The Morgan fingerprint density at radius 2 is 2.22 bits per heavy atom. The first kappa shape index (κ1) is 12.8. The van der Waals surface area contributed by atoms with Gasteiger partial charge in [0, 0.05) is 11.6 Å². The molecular weight excluding hydrogens is 224 g/mol. The fourth-order valence-electron chi connectivity index (χ4n) is 2.94. The molecule has 0 saturated heterocycles. The van der Waals surface area contributed by atoms with E-state index in [1.807, 2.05) is 6.07 Å². The van der Waals surface area contributed by atoms with E-state index < -0.39 is 5.92 Å². The van der Waals surface area contributed by atoms with Crippen LogP contribution in [0.1, 0.15) is 50.6 Å². The first-order valence-corrected chi connectivity index (χ1v) is 6.58. The molecule has 0 radical (unpaired) electrons. The van der Waals surface area contributed by atoms with Crippen LogP contribution in [0.3, 0.4) is 0 Å². The number of ketones is 1. The Hall–Kier alpha value is -1.69. The molecule has 1 unspecified atom stereocenters. The smallest absolute Gasteiger partial charge is 0.162 e. The molecule has 1 saturated carbocycles. The van der Waals surface area contributed by atoms with Crippen LogP contribution in [0.4, 0.5) is 0 Å². The summed E-state index contributed by atoms with van der Waals surface area (Å²) in [5.74, 6) is -0.632. The Labute approximate surface area is 108 Å². The fourth-order valence-corrected chi connectivity index (χ4v) is 2.94. The van der Waals surface area contributed by atoms with Crippen molar-refractivity contribution in [3.8, 4) is 6.07 Å². The van der Waals surface area contributed by atoms with Crippen LogP contribution >= 0.6 is 0 Å². The summed E-state index contributed by atoms with van der Waals surface area (Å²) in [5.41, 5.74) is 0.308. The highest BCUT2D eigenvalue weighted by Crippen LogP contribution is 2.44. The van der Waals surface area contributed by atoms with Gasteiger partial charge in [-0.1, -0.05) is 25.8 Å². The lowest BCUT2D eigenvalue weighted by molar-refractivity contribution is -0.129. The number of nitrogens with zero attached hydrogens (tertiary/aromatic N) is 2. The van der Waals surface area contributed by atoms with Gasteiger partial charge >= 0.3 is 0 Å². The summed E-state index contributed by atoms with van der Waals surface area (Å²) in [6.45, 7) is 2.05. The summed E-state index contributed by atoms with van der Waals surface area (Å²) in [6, 6.07) is 7.54. The lowest BCUT2D eigenvalue weighted by Gasteiger charge is -2.27. The number of carbonyl (C=O) groups is 1. The molecule has 3 heteroatoms. The summed E-state index contributed by atoms with van der Waals surface area (Å²) in [4.78, 5) is 16.8. The molecule has 0 aliphatic heterocycles. The number of hydrogen-bond acceptors (Lipinski definition) is 3. The average molecular weight is 242 g/mol. The highest BCUT2D eigenvalue weighted by Gasteiger charge is 2.43. The Kier molecular flexibility index (Phi) is 3.76. The van der Waals surface area contributed by atoms with Gasteiger partial charge in [0.25, 0.3) is 0 Å². The van der Waals surface area contributed by atoms with Crippen molar-refractivity contribution < 1.29 is 4.79 Å². The molecule has 1 aliphatic rings. The summed E-state index contributed by atoms with van der Waals surface area (Å²) in [5, 5.41) is 9.31. The number of rotatable bonds is 4. The Morgan fingerprint density at radius 1 is 1.50 bits per heavy atom. The van der Waals surface area contributed by atoms with Crippen molar-refractivity contribution in [1.82, 2.24) is 4.98 Å². The monoisotopic (exact) mass is 242 g/mol. The maximum Gasteiger partial charge on any atom is 0.162 e. The largest absolute Gasteiger partial charge is 0.297 e. The number of nitriles is 1. The molecule has 3 nitrogen and oxygen atoms in total. The molecule has 1 heterocycles. The van der Waals surface area contributed by atoms with Crippen molar-refractivity contribution >= 4 is 5.78 Å². The Balaban J connectivity index is 2.29. The summed E-state index contributed by atoms with van der Waals surface area (Å²) >= 11 is 0. The zero-order chi connectivity index (χ0) is 13.0. The molecule has 0 spiro atoms. The fraction of sp³-hybridized carbons (Fsp3) is 0.533. The minimum Gasteiger partial charge on any atom is -0.297 e. The van der Waals surface area contributed by atoms with Crippen LogP contribution in [-0.4, -0.2) is 10.8 Å². The molecule has 1 aromatic rings. The normalized spacial score (nSPS) is 19.1. The van der Waals surface area contributed by atoms with E-state index in [1.165, 1.54) is 0 Å². The standard InChI is InChI=1S/C15H18N2O/c1-2-15(8-4-5-9-15)14(18)12(11-16)13-7-3-6-10-17-13/h3,6-7,10,12H,2,4-5,8-9H2,1H3. The summed E-state index contributed by atoms with van der Waals surface area (Å²) < 4.78 is 0. The van der Waals surface area contributed by atoms with Gasteiger partial charge in [-0.2, -0.15) is 5.26 Å². The van der Waals surface area contributed by atoms with Crippen molar-refractivity contribution in [2.24, 2.45) is 5.41 Å². The van der Waals surface area contributed by atoms with E-state index in [2.05, 4.69) is 18.0 Å². The zero-order valence-corrected chi connectivity index (χ0v) is 10.7. The van der Waals surface area contributed by atoms with E-state index in [1.54, 1.807) is 18.3 Å². The van der Waals surface area contributed by atoms with E-state index in [9.17, 15) is 10.1 Å². The van der Waals surface area contributed by atoms with Gasteiger partial charge in [0.05, 0.1) is 11.8 Å². The van der Waals surface area contributed by atoms with Crippen LogP contribution in [-0.2, 0) is 4.79 Å². The molecule has 1 atom stereocenters. The molecule has 1 aliphatic carbocycles. The molecule has 0 aromatic carbocycles. The van der Waals surface area contributed by atoms with Gasteiger partial charge in [-0.05, 0) is 31.4 Å². The first-order valence-electron chi connectivity index (χ1n) is 6.58. The molecule has 0 N–H and O–H groups in total. The first-order chi connectivity index (χ1) is 8.73. The third kappa shape index (κ3) is 2.15. The molecular formula is C15H18N2O. The quantitative estimate of drug-likeness (QED) is 0.814. The van der Waals surface area contributed by atoms with Gasteiger partial charge in [0.1, 0.15) is 5.92 Å². The minimum absolute atomic E-state index is 0.0729. The lowest BCUT2D eigenvalue weighted by atomic mass is 9.74. The maximum absolute atomic E-state index is 12.7. The maximum atomic E-state index is 12.7. The topological polar surface area (TPSA) is 53.8 Å². The number of hydrogen-bond donors (Lipinski definition) is 0. The van der Waals surface area contributed by atoms with Crippen molar-refractivity contribution in [2.75, 3.05) is 0 Å². The van der Waals surface area contributed by atoms with Crippen LogP contribution in [0.2, 0.25) is 0 Å². The van der Waals surface area contributed by atoms with E-state index >= 15 is 0 Å². The molecule has 1 fully saturated rings. The zero-order valence-electron chi connectivity index (χ0n) is 10.7. The van der Waals surface area contributed by atoms with Crippen LogP contribution < -0.4 is 0 Å². The number of pyridine rings is 1. The highest BCUT2D eigenvalue weighted by molar-refractivity contribution is 5.93. The van der Waals surface area contributed by atoms with Crippen molar-refractivity contribution in [1.29, 1.82) is 5.26 Å². The molecule has 18 heavy (non-hydrogen) atoms. The second kappa shape index (κ2) is 5.30. The molecule has 94 valence electrons. The third-order valence-electron chi connectivity index (χ3n) is 4.13. The van der Waals surface area contributed by atoms with Crippen molar-refractivity contribution in [3.05, 3.63) is 30.1 Å². The molecule has 0 amide bonds. The molecule has 0 bridgehead atoms. The van der Waals surface area contributed by atoms with Gasteiger partial charge in [-0.15, -0.1) is 0 Å². The van der Waals surface area contributed by atoms with Gasteiger partial charge in [-0.3, -0.25) is 9.78 Å². The van der Waals surface area contributed by atoms with Crippen LogP contribution in [0.15, 0.2) is 24.4 Å². The van der Waals surface area contributed by atoms with Gasteiger partial charge in [0.2, 0.25) is 0 Å². The van der Waals surface area contributed by atoms with Crippen LogP contribution in [0.5, 0.6) is 0 Å². The van der Waals surface area contributed by atoms with Gasteiger partial charge in [-0.25, -0.2) is 0 Å². The Bertz CT molecular complexity index is 455. The van der Waals surface area contributed by atoms with E-state index in [0.29, 0.717) is 5.69 Å². The van der Waals surface area contributed by atoms with Crippen LogP contribution in [0, 0.1) is 16.7 Å². The number of aromatic nitrogens is 1. The number of carbonyl (C=O) groups excluding carboxylic acids is 1. The van der Waals surface area contributed by atoms with Gasteiger partial charge < -0.3 is 0 Å². The summed E-state index contributed by atoms with van der Waals surface area (Å²) in [6.07, 6.45) is 6.51. The average Bonchev–Trinajstić information content (AvgIpc) is 2.91. The number of Topliss-reactive ketones (excluding diaryl/α,β-unsaturated/α-hetero) is 1. The van der Waals surface area contributed by atoms with Crippen molar-refractivity contribution in [2.45, 2.75) is 44.9 Å². The van der Waals surface area contributed by atoms with E-state index in [-0.39, 0.29) is 11.2 Å². The summed E-state index contributed by atoms with van der Waals surface area (Å²) in [7, 11) is 0. The van der Waals surface area contributed by atoms with Gasteiger partial charge in [0.15, 0.2) is 5.78 Å². The lowest BCUT2D eigenvalue weighted by Crippen LogP contribution is -2.32. The SMILES string of the molecule is CCC1(C(=O)C(C#N)c2ccccn2)CCCC1. The second-order valence-corrected chi connectivity index (χ2v) is 5.02. The third-order valence-corrected chi connectivity index (χ3v) is 4.13. The van der Waals surface area contributed by atoms with Crippen LogP contribution in [0.25, 0.3) is 0 Å². The highest BCUT2D eigenvalue weighted by atomic mass is 16.1. The minimum atomic E-state index is -0.704.